The molecule has 3 heteroatoms. The molecular formula is C11H24N2O. The SMILES string of the molecule is CC(C)(O)CC(C)(C)N1CCNCC1. The molecule has 1 aliphatic rings. The lowest BCUT2D eigenvalue weighted by molar-refractivity contribution is -0.00331. The molecule has 1 fully saturated rings. The molecule has 0 aliphatic carbocycles. The van der Waals surface area contributed by atoms with Gasteiger partial charge >= 0.3 is 0 Å². The van der Waals surface area contributed by atoms with Crippen LogP contribution in [-0.2, 0) is 0 Å². The monoisotopic (exact) mass is 200 g/mol. The Labute approximate surface area is 87.5 Å². The van der Waals surface area contributed by atoms with Crippen LogP contribution in [0.1, 0.15) is 34.1 Å². The number of nitrogens with zero attached hydrogens (tertiary/aromatic N) is 1. The van der Waals surface area contributed by atoms with E-state index in [1.54, 1.807) is 0 Å². The summed E-state index contributed by atoms with van der Waals surface area (Å²) in [5.74, 6) is 0. The van der Waals surface area contributed by atoms with Gasteiger partial charge in [0.1, 0.15) is 0 Å². The smallest absolute Gasteiger partial charge is 0.0609 e. The number of hydrogen-bond donors (Lipinski definition) is 2. The molecule has 0 aromatic carbocycles. The molecule has 3 nitrogen and oxygen atoms in total. The summed E-state index contributed by atoms with van der Waals surface area (Å²) in [5.41, 5.74) is -0.477. The predicted octanol–water partition coefficient (Wildman–Crippen LogP) is 0.831. The number of hydrogen-bond acceptors (Lipinski definition) is 3. The van der Waals surface area contributed by atoms with Crippen LogP contribution in [0.25, 0.3) is 0 Å². The highest BCUT2D eigenvalue weighted by Gasteiger charge is 2.32. The van der Waals surface area contributed by atoms with E-state index in [0.29, 0.717) is 0 Å². The molecule has 2 N–H and O–H groups in total. The second-order valence-electron chi connectivity index (χ2n) is 5.54. The molecule has 0 radical (unpaired) electrons. The molecule has 1 heterocycles. The van der Waals surface area contributed by atoms with Crippen LogP contribution < -0.4 is 5.32 Å². The van der Waals surface area contributed by atoms with Gasteiger partial charge in [-0.05, 0) is 34.1 Å². The highest BCUT2D eigenvalue weighted by Crippen LogP contribution is 2.25. The molecule has 84 valence electrons. The molecule has 14 heavy (non-hydrogen) atoms. The standard InChI is InChI=1S/C11H24N2O/c1-10(2,9-11(3,4)14)13-7-5-12-6-8-13/h12,14H,5-9H2,1-4H3. The van der Waals surface area contributed by atoms with Crippen molar-refractivity contribution < 1.29 is 5.11 Å². The van der Waals surface area contributed by atoms with Crippen molar-refractivity contribution in [1.82, 2.24) is 10.2 Å². The van der Waals surface area contributed by atoms with E-state index >= 15 is 0 Å². The van der Waals surface area contributed by atoms with Crippen molar-refractivity contribution in [2.24, 2.45) is 0 Å². The highest BCUT2D eigenvalue weighted by molar-refractivity contribution is 4.89. The summed E-state index contributed by atoms with van der Waals surface area (Å²) >= 11 is 0. The maximum Gasteiger partial charge on any atom is 0.0609 e. The van der Waals surface area contributed by atoms with Crippen LogP contribution in [0.4, 0.5) is 0 Å². The van der Waals surface area contributed by atoms with Crippen molar-refractivity contribution in [3.05, 3.63) is 0 Å². The fraction of sp³-hybridized carbons (Fsp3) is 1.00. The summed E-state index contributed by atoms with van der Waals surface area (Å²) in [6, 6.07) is 0. The number of rotatable bonds is 3. The molecule has 0 saturated carbocycles. The first-order chi connectivity index (χ1) is 6.31. The summed E-state index contributed by atoms with van der Waals surface area (Å²) < 4.78 is 0. The third-order valence-corrected chi connectivity index (χ3v) is 2.84. The maximum atomic E-state index is 9.84. The van der Waals surface area contributed by atoms with E-state index in [-0.39, 0.29) is 5.54 Å². The fourth-order valence-corrected chi connectivity index (χ4v) is 2.44. The van der Waals surface area contributed by atoms with Crippen molar-refractivity contribution in [3.8, 4) is 0 Å². The minimum atomic E-state index is -0.575. The Balaban J connectivity index is 2.54. The second-order valence-corrected chi connectivity index (χ2v) is 5.54. The molecular weight excluding hydrogens is 176 g/mol. The summed E-state index contributed by atoms with van der Waals surface area (Å²) in [5, 5.41) is 13.2. The molecule has 1 saturated heterocycles. The highest BCUT2D eigenvalue weighted by atomic mass is 16.3. The van der Waals surface area contributed by atoms with Gasteiger partial charge in [-0.15, -0.1) is 0 Å². The Morgan fingerprint density at radius 3 is 2.07 bits per heavy atom. The summed E-state index contributed by atoms with van der Waals surface area (Å²) in [6.07, 6.45) is 0.819. The van der Waals surface area contributed by atoms with Crippen molar-refractivity contribution in [3.63, 3.8) is 0 Å². The van der Waals surface area contributed by atoms with Gasteiger partial charge in [0.2, 0.25) is 0 Å². The molecule has 0 spiro atoms. The summed E-state index contributed by atoms with van der Waals surface area (Å²) in [6.45, 7) is 12.5. The number of piperazine rings is 1. The van der Waals surface area contributed by atoms with Gasteiger partial charge in [0.15, 0.2) is 0 Å². The third kappa shape index (κ3) is 3.56. The van der Waals surface area contributed by atoms with Gasteiger partial charge in [0.25, 0.3) is 0 Å². The summed E-state index contributed by atoms with van der Waals surface area (Å²) in [7, 11) is 0. The van der Waals surface area contributed by atoms with Crippen LogP contribution in [0.5, 0.6) is 0 Å². The fourth-order valence-electron chi connectivity index (χ4n) is 2.44. The van der Waals surface area contributed by atoms with Crippen LogP contribution in [0.3, 0.4) is 0 Å². The Bertz CT molecular complexity index is 178. The van der Waals surface area contributed by atoms with E-state index in [2.05, 4.69) is 24.1 Å². The normalized spacial score (nSPS) is 21.2. The second kappa shape index (κ2) is 4.17. The average molecular weight is 200 g/mol. The average Bonchev–Trinajstić information content (AvgIpc) is 2.01. The Morgan fingerprint density at radius 1 is 1.14 bits per heavy atom. The van der Waals surface area contributed by atoms with Crippen LogP contribution >= 0.6 is 0 Å². The van der Waals surface area contributed by atoms with Crippen molar-refractivity contribution in [1.29, 1.82) is 0 Å². The third-order valence-electron chi connectivity index (χ3n) is 2.84. The Morgan fingerprint density at radius 2 is 1.64 bits per heavy atom. The first-order valence-electron chi connectivity index (χ1n) is 5.49. The van der Waals surface area contributed by atoms with Crippen molar-refractivity contribution in [2.75, 3.05) is 26.2 Å². The van der Waals surface area contributed by atoms with E-state index in [0.717, 1.165) is 32.6 Å². The lowest BCUT2D eigenvalue weighted by atomic mass is 9.87. The largest absolute Gasteiger partial charge is 0.390 e. The molecule has 0 aromatic rings. The van der Waals surface area contributed by atoms with Gasteiger partial charge in [0, 0.05) is 31.7 Å². The van der Waals surface area contributed by atoms with E-state index in [9.17, 15) is 5.11 Å². The van der Waals surface area contributed by atoms with Gasteiger partial charge in [-0.2, -0.15) is 0 Å². The summed E-state index contributed by atoms with van der Waals surface area (Å²) in [4.78, 5) is 2.46. The van der Waals surface area contributed by atoms with Crippen molar-refractivity contribution >= 4 is 0 Å². The quantitative estimate of drug-likeness (QED) is 0.708. The van der Waals surface area contributed by atoms with Crippen LogP contribution in [0, 0.1) is 0 Å². The molecule has 0 unspecified atom stereocenters. The van der Waals surface area contributed by atoms with E-state index in [1.165, 1.54) is 0 Å². The first-order valence-corrected chi connectivity index (χ1v) is 5.49. The predicted molar refractivity (Wildman–Crippen MR) is 59.4 cm³/mol. The zero-order valence-electron chi connectivity index (χ0n) is 9.93. The zero-order valence-corrected chi connectivity index (χ0v) is 9.93. The zero-order chi connectivity index (χ0) is 10.8. The number of aliphatic hydroxyl groups is 1. The van der Waals surface area contributed by atoms with Crippen molar-refractivity contribution in [2.45, 2.75) is 45.3 Å². The van der Waals surface area contributed by atoms with Crippen LogP contribution in [0.15, 0.2) is 0 Å². The Hall–Kier alpha value is -0.120. The van der Waals surface area contributed by atoms with Gasteiger partial charge in [-0.1, -0.05) is 0 Å². The van der Waals surface area contributed by atoms with Crippen LogP contribution in [-0.4, -0.2) is 47.3 Å². The molecule has 0 bridgehead atoms. The van der Waals surface area contributed by atoms with E-state index in [4.69, 9.17) is 0 Å². The van der Waals surface area contributed by atoms with E-state index < -0.39 is 5.60 Å². The van der Waals surface area contributed by atoms with Gasteiger partial charge in [0.05, 0.1) is 5.60 Å². The first kappa shape index (κ1) is 12.0. The molecule has 0 atom stereocenters. The lowest BCUT2D eigenvalue weighted by Gasteiger charge is -2.43. The molecule has 1 aliphatic heterocycles. The lowest BCUT2D eigenvalue weighted by Crippen LogP contribution is -2.55. The van der Waals surface area contributed by atoms with Crippen LogP contribution in [0.2, 0.25) is 0 Å². The molecule has 0 amide bonds. The molecule has 0 aromatic heterocycles. The topological polar surface area (TPSA) is 35.5 Å². The van der Waals surface area contributed by atoms with Gasteiger partial charge < -0.3 is 10.4 Å². The Kier molecular flexibility index (Phi) is 3.56. The minimum absolute atomic E-state index is 0.0976. The molecule has 1 rings (SSSR count). The van der Waals surface area contributed by atoms with Gasteiger partial charge in [-0.3, -0.25) is 4.90 Å². The van der Waals surface area contributed by atoms with Gasteiger partial charge in [-0.25, -0.2) is 0 Å². The van der Waals surface area contributed by atoms with E-state index in [1.807, 2.05) is 13.8 Å². The number of nitrogens with one attached hydrogen (secondary N) is 1. The minimum Gasteiger partial charge on any atom is -0.390 e. The maximum absolute atomic E-state index is 9.84.